The van der Waals surface area contributed by atoms with Crippen molar-refractivity contribution in [2.24, 2.45) is 5.92 Å². The van der Waals surface area contributed by atoms with E-state index in [2.05, 4.69) is 0 Å². The van der Waals surface area contributed by atoms with E-state index in [1.54, 1.807) is 14.0 Å². The lowest BCUT2D eigenvalue weighted by Crippen LogP contribution is -2.17. The van der Waals surface area contributed by atoms with Crippen LogP contribution in [0.3, 0.4) is 0 Å². The van der Waals surface area contributed by atoms with E-state index < -0.39 is 0 Å². The van der Waals surface area contributed by atoms with E-state index in [4.69, 9.17) is 4.74 Å². The maximum Gasteiger partial charge on any atom is 0.0682 e. The number of allylic oxidation sites excluding steroid dienone is 2. The Morgan fingerprint density at radius 2 is 2.45 bits per heavy atom. The van der Waals surface area contributed by atoms with Gasteiger partial charge in [-0.3, -0.25) is 0 Å². The number of hydrogen-bond donors (Lipinski definition) is 1. The summed E-state index contributed by atoms with van der Waals surface area (Å²) in [6.45, 7) is 2.41. The Morgan fingerprint density at radius 3 is 3.00 bits per heavy atom. The molecule has 0 spiro atoms. The fourth-order valence-electron chi connectivity index (χ4n) is 1.32. The zero-order valence-corrected chi connectivity index (χ0v) is 6.95. The van der Waals surface area contributed by atoms with Gasteiger partial charge in [0.2, 0.25) is 0 Å². The van der Waals surface area contributed by atoms with Gasteiger partial charge in [0.25, 0.3) is 0 Å². The van der Waals surface area contributed by atoms with Crippen molar-refractivity contribution in [1.82, 2.24) is 0 Å². The molecule has 1 rings (SSSR count). The molecule has 0 aromatic rings. The van der Waals surface area contributed by atoms with Crippen molar-refractivity contribution in [2.45, 2.75) is 13.0 Å². The van der Waals surface area contributed by atoms with Gasteiger partial charge in [0.05, 0.1) is 12.7 Å². The number of aliphatic hydroxyl groups is 1. The lowest BCUT2D eigenvalue weighted by Gasteiger charge is -2.15. The second-order valence-corrected chi connectivity index (χ2v) is 2.83. The van der Waals surface area contributed by atoms with Gasteiger partial charge < -0.3 is 9.84 Å². The van der Waals surface area contributed by atoms with E-state index in [0.717, 1.165) is 5.57 Å². The second kappa shape index (κ2) is 3.69. The Kier molecular flexibility index (Phi) is 2.85. The van der Waals surface area contributed by atoms with E-state index in [9.17, 15) is 5.11 Å². The summed E-state index contributed by atoms with van der Waals surface area (Å²) in [5, 5.41) is 9.30. The van der Waals surface area contributed by atoms with Crippen molar-refractivity contribution in [2.75, 3.05) is 13.7 Å². The molecule has 0 aromatic heterocycles. The standard InChI is InChI=1S/C9H14O2/c1-7(10)9-5-3-4-8(9)6-11-2/h3-5,7,9-10H,6H2,1-2H3/t7-,9?/m0/s1. The molecule has 0 radical (unpaired) electrons. The normalized spacial score (nSPS) is 25.4. The first-order valence-corrected chi connectivity index (χ1v) is 3.80. The van der Waals surface area contributed by atoms with Gasteiger partial charge in [0.15, 0.2) is 0 Å². The Balaban J connectivity index is 2.54. The number of ether oxygens (including phenoxy) is 1. The maximum absolute atomic E-state index is 9.30. The molecule has 2 atom stereocenters. The predicted octanol–water partition coefficient (Wildman–Crippen LogP) is 1.13. The lowest BCUT2D eigenvalue weighted by molar-refractivity contribution is 0.149. The van der Waals surface area contributed by atoms with E-state index in [1.165, 1.54) is 0 Å². The average Bonchev–Trinajstić information content (AvgIpc) is 2.36. The van der Waals surface area contributed by atoms with E-state index in [0.29, 0.717) is 6.61 Å². The van der Waals surface area contributed by atoms with Crippen LogP contribution in [0.4, 0.5) is 0 Å². The largest absolute Gasteiger partial charge is 0.392 e. The highest BCUT2D eigenvalue weighted by Crippen LogP contribution is 2.22. The molecule has 2 nitrogen and oxygen atoms in total. The van der Waals surface area contributed by atoms with Crippen molar-refractivity contribution < 1.29 is 9.84 Å². The van der Waals surface area contributed by atoms with Crippen LogP contribution in [0.15, 0.2) is 23.8 Å². The summed E-state index contributed by atoms with van der Waals surface area (Å²) in [7, 11) is 1.66. The Bertz CT molecular complexity index is 180. The second-order valence-electron chi connectivity index (χ2n) is 2.83. The summed E-state index contributed by atoms with van der Waals surface area (Å²) in [5.41, 5.74) is 1.16. The number of rotatable bonds is 3. The van der Waals surface area contributed by atoms with Crippen LogP contribution in [0.25, 0.3) is 0 Å². The fourth-order valence-corrected chi connectivity index (χ4v) is 1.32. The highest BCUT2D eigenvalue weighted by atomic mass is 16.5. The number of aliphatic hydroxyl groups excluding tert-OH is 1. The molecule has 1 aliphatic carbocycles. The first kappa shape index (κ1) is 8.50. The van der Waals surface area contributed by atoms with Gasteiger partial charge in [-0.1, -0.05) is 18.2 Å². The molecular formula is C9H14O2. The molecule has 1 aliphatic rings. The lowest BCUT2D eigenvalue weighted by atomic mass is 9.98. The van der Waals surface area contributed by atoms with Gasteiger partial charge in [-0.05, 0) is 12.5 Å². The van der Waals surface area contributed by atoms with Crippen LogP contribution in [-0.2, 0) is 4.74 Å². The first-order chi connectivity index (χ1) is 5.25. The van der Waals surface area contributed by atoms with Crippen LogP contribution in [0.2, 0.25) is 0 Å². The van der Waals surface area contributed by atoms with Gasteiger partial charge in [0.1, 0.15) is 0 Å². The highest BCUT2D eigenvalue weighted by molar-refractivity contribution is 5.28. The van der Waals surface area contributed by atoms with Gasteiger partial charge >= 0.3 is 0 Å². The minimum atomic E-state index is -0.310. The van der Waals surface area contributed by atoms with Crippen molar-refractivity contribution in [3.8, 4) is 0 Å². The monoisotopic (exact) mass is 154 g/mol. The third kappa shape index (κ3) is 1.91. The summed E-state index contributed by atoms with van der Waals surface area (Å²) < 4.78 is 4.99. The SMILES string of the molecule is COCC1=CC=CC1[C@H](C)O. The van der Waals surface area contributed by atoms with Crippen LogP contribution >= 0.6 is 0 Å². The van der Waals surface area contributed by atoms with Gasteiger partial charge in [-0.2, -0.15) is 0 Å². The summed E-state index contributed by atoms with van der Waals surface area (Å²) >= 11 is 0. The molecule has 2 heteroatoms. The topological polar surface area (TPSA) is 29.5 Å². The van der Waals surface area contributed by atoms with Crippen LogP contribution in [-0.4, -0.2) is 24.9 Å². The number of hydrogen-bond acceptors (Lipinski definition) is 2. The van der Waals surface area contributed by atoms with Crippen molar-refractivity contribution in [3.63, 3.8) is 0 Å². The molecule has 0 bridgehead atoms. The molecule has 0 fully saturated rings. The van der Waals surface area contributed by atoms with Crippen molar-refractivity contribution in [3.05, 3.63) is 23.8 Å². The molecule has 1 N–H and O–H groups in total. The van der Waals surface area contributed by atoms with Crippen LogP contribution in [0.1, 0.15) is 6.92 Å². The molecular weight excluding hydrogens is 140 g/mol. The summed E-state index contributed by atoms with van der Waals surface area (Å²) in [6, 6.07) is 0. The predicted molar refractivity (Wildman–Crippen MR) is 44.3 cm³/mol. The quantitative estimate of drug-likeness (QED) is 0.660. The van der Waals surface area contributed by atoms with Gasteiger partial charge in [-0.15, -0.1) is 0 Å². The average molecular weight is 154 g/mol. The molecule has 11 heavy (non-hydrogen) atoms. The van der Waals surface area contributed by atoms with E-state index in [1.807, 2.05) is 18.2 Å². The van der Waals surface area contributed by atoms with E-state index >= 15 is 0 Å². The molecule has 0 amide bonds. The van der Waals surface area contributed by atoms with Crippen LogP contribution in [0, 0.1) is 5.92 Å². The zero-order chi connectivity index (χ0) is 8.27. The third-order valence-electron chi connectivity index (χ3n) is 1.89. The smallest absolute Gasteiger partial charge is 0.0682 e. The molecule has 0 saturated heterocycles. The molecule has 0 aromatic carbocycles. The zero-order valence-electron chi connectivity index (χ0n) is 6.95. The molecule has 0 heterocycles. The molecule has 62 valence electrons. The Labute approximate surface area is 67.2 Å². The summed E-state index contributed by atoms with van der Waals surface area (Å²) in [5.74, 6) is 0.162. The number of methoxy groups -OCH3 is 1. The van der Waals surface area contributed by atoms with Gasteiger partial charge in [-0.25, -0.2) is 0 Å². The third-order valence-corrected chi connectivity index (χ3v) is 1.89. The first-order valence-electron chi connectivity index (χ1n) is 3.80. The Morgan fingerprint density at radius 1 is 1.73 bits per heavy atom. The maximum atomic E-state index is 9.30. The fraction of sp³-hybridized carbons (Fsp3) is 0.556. The minimum Gasteiger partial charge on any atom is -0.392 e. The highest BCUT2D eigenvalue weighted by Gasteiger charge is 2.18. The van der Waals surface area contributed by atoms with Crippen LogP contribution < -0.4 is 0 Å². The Hall–Kier alpha value is -0.600. The summed E-state index contributed by atoms with van der Waals surface area (Å²) in [6.07, 6.45) is 5.65. The summed E-state index contributed by atoms with van der Waals surface area (Å²) in [4.78, 5) is 0. The van der Waals surface area contributed by atoms with Crippen LogP contribution in [0.5, 0.6) is 0 Å². The van der Waals surface area contributed by atoms with E-state index in [-0.39, 0.29) is 12.0 Å². The minimum absolute atomic E-state index is 0.162. The van der Waals surface area contributed by atoms with Crippen molar-refractivity contribution >= 4 is 0 Å². The van der Waals surface area contributed by atoms with Crippen molar-refractivity contribution in [1.29, 1.82) is 0 Å². The molecule has 0 saturated carbocycles. The van der Waals surface area contributed by atoms with Gasteiger partial charge in [0, 0.05) is 13.0 Å². The molecule has 0 aliphatic heterocycles. The molecule has 1 unspecified atom stereocenters.